The molecule has 0 spiro atoms. The van der Waals surface area contributed by atoms with Crippen molar-refractivity contribution in [3.63, 3.8) is 0 Å². The van der Waals surface area contributed by atoms with Crippen LogP contribution in [0.1, 0.15) is 10.6 Å². The molecule has 0 fully saturated rings. The van der Waals surface area contributed by atoms with E-state index in [-0.39, 0.29) is 5.91 Å². The van der Waals surface area contributed by atoms with Crippen LogP contribution in [-0.2, 0) is 7.05 Å². The number of amides is 1. The molecule has 0 bridgehead atoms. The van der Waals surface area contributed by atoms with Gasteiger partial charge in [0.25, 0.3) is 0 Å². The Kier molecular flexibility index (Phi) is 2.52. The monoisotopic (exact) mass is 183 g/mol. The lowest BCUT2D eigenvalue weighted by molar-refractivity contribution is 0.0842. The maximum Gasteiger partial charge on any atom is 0.301 e. The number of nitrogens with zero attached hydrogens (tertiary/aromatic N) is 3. The van der Waals surface area contributed by atoms with Gasteiger partial charge in [-0.2, -0.15) is 0 Å². The van der Waals surface area contributed by atoms with Crippen molar-refractivity contribution in [2.75, 3.05) is 19.8 Å². The Hall–Kier alpha value is -1.56. The first kappa shape index (κ1) is 9.53. The first-order chi connectivity index (χ1) is 6.00. The standard InChI is InChI=1S/C7H13N5O/c1-11(2)10-7(13)6-9-5(8)4-12(6)3/h4H,8H2,1-3H3,(H,10,13). The first-order valence-corrected chi connectivity index (χ1v) is 3.78. The van der Waals surface area contributed by atoms with Gasteiger partial charge in [-0.3, -0.25) is 10.2 Å². The molecule has 6 heteroatoms. The number of hydrogen-bond acceptors (Lipinski definition) is 4. The summed E-state index contributed by atoms with van der Waals surface area (Å²) in [5, 5.41) is 1.55. The number of anilines is 1. The van der Waals surface area contributed by atoms with Gasteiger partial charge in [0.1, 0.15) is 5.82 Å². The molecule has 0 aliphatic rings. The van der Waals surface area contributed by atoms with Gasteiger partial charge in [0.15, 0.2) is 0 Å². The number of aromatic nitrogens is 2. The van der Waals surface area contributed by atoms with Crippen molar-refractivity contribution < 1.29 is 4.79 Å². The molecular formula is C7H13N5O. The minimum atomic E-state index is -0.274. The minimum Gasteiger partial charge on any atom is -0.382 e. The van der Waals surface area contributed by atoms with Gasteiger partial charge in [-0.05, 0) is 0 Å². The Morgan fingerprint density at radius 2 is 2.31 bits per heavy atom. The first-order valence-electron chi connectivity index (χ1n) is 3.78. The summed E-state index contributed by atoms with van der Waals surface area (Å²) in [6.45, 7) is 0. The summed E-state index contributed by atoms with van der Waals surface area (Å²) < 4.78 is 1.58. The number of carbonyl (C=O) groups is 1. The summed E-state index contributed by atoms with van der Waals surface area (Å²) >= 11 is 0. The SMILES string of the molecule is CN(C)NC(=O)c1nc(N)cn1C. The number of carbonyl (C=O) groups excluding carboxylic acids is 1. The van der Waals surface area contributed by atoms with E-state index in [9.17, 15) is 4.79 Å². The van der Waals surface area contributed by atoms with Gasteiger partial charge in [-0.25, -0.2) is 9.99 Å². The lowest BCUT2D eigenvalue weighted by atomic mass is 10.6. The second-order valence-electron chi connectivity index (χ2n) is 2.94. The van der Waals surface area contributed by atoms with Gasteiger partial charge >= 0.3 is 5.91 Å². The van der Waals surface area contributed by atoms with Crippen LogP contribution in [0.2, 0.25) is 0 Å². The van der Waals surface area contributed by atoms with Crippen molar-refractivity contribution in [2.24, 2.45) is 7.05 Å². The number of imidazole rings is 1. The number of rotatable bonds is 2. The molecule has 1 heterocycles. The normalized spacial score (nSPS) is 10.5. The Morgan fingerprint density at radius 3 is 2.69 bits per heavy atom. The zero-order chi connectivity index (χ0) is 10.0. The lowest BCUT2D eigenvalue weighted by Gasteiger charge is -2.10. The quantitative estimate of drug-likeness (QED) is 0.589. The summed E-state index contributed by atoms with van der Waals surface area (Å²) in [6, 6.07) is 0. The van der Waals surface area contributed by atoms with Crippen molar-refractivity contribution in [3.05, 3.63) is 12.0 Å². The van der Waals surface area contributed by atoms with Crippen LogP contribution < -0.4 is 11.2 Å². The van der Waals surface area contributed by atoms with E-state index in [0.29, 0.717) is 11.6 Å². The molecule has 6 nitrogen and oxygen atoms in total. The second kappa shape index (κ2) is 3.44. The molecule has 1 amide bonds. The summed E-state index contributed by atoms with van der Waals surface area (Å²) in [5.41, 5.74) is 7.99. The highest BCUT2D eigenvalue weighted by molar-refractivity contribution is 5.90. The number of nitrogens with one attached hydrogen (secondary N) is 1. The van der Waals surface area contributed by atoms with Crippen molar-refractivity contribution in [1.82, 2.24) is 20.0 Å². The molecule has 0 unspecified atom stereocenters. The third-order valence-electron chi connectivity index (χ3n) is 1.42. The molecular weight excluding hydrogens is 170 g/mol. The highest BCUT2D eigenvalue weighted by Gasteiger charge is 2.12. The molecule has 0 atom stereocenters. The summed E-state index contributed by atoms with van der Waals surface area (Å²) in [7, 11) is 5.17. The van der Waals surface area contributed by atoms with E-state index in [1.807, 2.05) is 0 Å². The third kappa shape index (κ3) is 2.19. The van der Waals surface area contributed by atoms with Crippen LogP contribution in [0.4, 0.5) is 5.82 Å². The van der Waals surface area contributed by atoms with Crippen molar-refractivity contribution in [2.45, 2.75) is 0 Å². The molecule has 0 saturated heterocycles. The fourth-order valence-electron chi connectivity index (χ4n) is 0.954. The number of nitrogen functional groups attached to an aromatic ring is 1. The largest absolute Gasteiger partial charge is 0.382 e. The predicted molar refractivity (Wildman–Crippen MR) is 48.8 cm³/mol. The highest BCUT2D eigenvalue weighted by Crippen LogP contribution is 2.01. The van der Waals surface area contributed by atoms with Crippen LogP contribution in [0.3, 0.4) is 0 Å². The Labute approximate surface area is 76.3 Å². The highest BCUT2D eigenvalue weighted by atomic mass is 16.2. The zero-order valence-corrected chi connectivity index (χ0v) is 7.90. The Bertz CT molecular complexity index is 317. The van der Waals surface area contributed by atoms with Crippen LogP contribution in [-0.4, -0.2) is 34.6 Å². The van der Waals surface area contributed by atoms with E-state index in [0.717, 1.165) is 0 Å². The van der Waals surface area contributed by atoms with E-state index in [4.69, 9.17) is 5.73 Å². The van der Waals surface area contributed by atoms with Crippen LogP contribution in [0.25, 0.3) is 0 Å². The molecule has 3 N–H and O–H groups in total. The third-order valence-corrected chi connectivity index (χ3v) is 1.42. The van der Waals surface area contributed by atoms with Crippen LogP contribution in [0.5, 0.6) is 0 Å². The molecule has 0 aliphatic carbocycles. The molecule has 1 aromatic rings. The topological polar surface area (TPSA) is 76.2 Å². The molecule has 1 rings (SSSR count). The van der Waals surface area contributed by atoms with E-state index in [1.54, 1.807) is 36.9 Å². The van der Waals surface area contributed by atoms with E-state index >= 15 is 0 Å². The Morgan fingerprint density at radius 1 is 1.69 bits per heavy atom. The van der Waals surface area contributed by atoms with Gasteiger partial charge in [0, 0.05) is 27.3 Å². The van der Waals surface area contributed by atoms with E-state index < -0.39 is 0 Å². The van der Waals surface area contributed by atoms with E-state index in [1.165, 1.54) is 0 Å². The molecule has 72 valence electrons. The molecule has 0 saturated carbocycles. The van der Waals surface area contributed by atoms with Gasteiger partial charge in [0.05, 0.1) is 0 Å². The Balaban J connectivity index is 2.82. The van der Waals surface area contributed by atoms with Crippen LogP contribution in [0, 0.1) is 0 Å². The number of hydrazine groups is 1. The number of hydrogen-bond donors (Lipinski definition) is 2. The second-order valence-corrected chi connectivity index (χ2v) is 2.94. The predicted octanol–water partition coefficient (Wildman–Crippen LogP) is -0.791. The fourth-order valence-corrected chi connectivity index (χ4v) is 0.954. The van der Waals surface area contributed by atoms with Gasteiger partial charge in [0.2, 0.25) is 5.82 Å². The molecule has 0 aliphatic heterocycles. The molecule has 0 aromatic carbocycles. The van der Waals surface area contributed by atoms with Gasteiger partial charge in [-0.1, -0.05) is 0 Å². The zero-order valence-electron chi connectivity index (χ0n) is 7.90. The van der Waals surface area contributed by atoms with Crippen LogP contribution >= 0.6 is 0 Å². The van der Waals surface area contributed by atoms with E-state index in [2.05, 4.69) is 10.4 Å². The summed E-state index contributed by atoms with van der Waals surface area (Å²) in [6.07, 6.45) is 1.59. The van der Waals surface area contributed by atoms with Crippen LogP contribution in [0.15, 0.2) is 6.20 Å². The average molecular weight is 183 g/mol. The lowest BCUT2D eigenvalue weighted by Crippen LogP contribution is -2.37. The minimum absolute atomic E-state index is 0.274. The molecule has 0 radical (unpaired) electrons. The molecule has 13 heavy (non-hydrogen) atoms. The van der Waals surface area contributed by atoms with Crippen molar-refractivity contribution in [1.29, 1.82) is 0 Å². The maximum absolute atomic E-state index is 11.4. The van der Waals surface area contributed by atoms with Crippen molar-refractivity contribution >= 4 is 11.7 Å². The maximum atomic E-state index is 11.4. The summed E-state index contributed by atoms with van der Waals surface area (Å²) in [4.78, 5) is 15.3. The van der Waals surface area contributed by atoms with Gasteiger partial charge in [-0.15, -0.1) is 0 Å². The fraction of sp³-hybridized carbons (Fsp3) is 0.429. The average Bonchev–Trinajstić information content (AvgIpc) is 2.28. The number of nitrogens with two attached hydrogens (primary N) is 1. The van der Waals surface area contributed by atoms with Crippen molar-refractivity contribution in [3.8, 4) is 0 Å². The molecule has 1 aromatic heterocycles. The smallest absolute Gasteiger partial charge is 0.301 e. The number of aryl methyl sites for hydroxylation is 1. The van der Waals surface area contributed by atoms with Gasteiger partial charge < -0.3 is 10.3 Å². The summed E-state index contributed by atoms with van der Waals surface area (Å²) in [5.74, 6) is 0.363.